The van der Waals surface area contributed by atoms with Crippen LogP contribution in [-0.4, -0.2) is 16.8 Å². The highest BCUT2D eigenvalue weighted by Crippen LogP contribution is 2.64. The van der Waals surface area contributed by atoms with Crippen molar-refractivity contribution < 1.29 is 9.57 Å². The zero-order valence-corrected chi connectivity index (χ0v) is 20.6. The van der Waals surface area contributed by atoms with Crippen molar-refractivity contribution in [3.05, 3.63) is 113 Å². The Hall–Kier alpha value is -2.88. The van der Waals surface area contributed by atoms with Gasteiger partial charge in [-0.05, 0) is 36.8 Å². The molecular weight excluding hydrogens is 430 g/mol. The Bertz CT molecular complexity index is 1160. The number of ether oxygens (including phenoxy) is 1. The molecule has 1 unspecified atom stereocenters. The van der Waals surface area contributed by atoms with E-state index in [9.17, 15) is 0 Å². The van der Waals surface area contributed by atoms with E-state index in [0.717, 1.165) is 25.1 Å². The van der Waals surface area contributed by atoms with Gasteiger partial charge in [-0.1, -0.05) is 111 Å². The van der Waals surface area contributed by atoms with Crippen molar-refractivity contribution in [3.63, 3.8) is 0 Å². The monoisotopic (exact) mass is 465 g/mol. The van der Waals surface area contributed by atoms with Crippen molar-refractivity contribution in [2.45, 2.75) is 69.7 Å². The molecule has 2 heterocycles. The van der Waals surface area contributed by atoms with E-state index in [1.165, 1.54) is 47.9 Å². The number of unbranched alkanes of at least 4 members (excludes halogenated alkanes) is 2. The van der Waals surface area contributed by atoms with E-state index >= 15 is 0 Å². The summed E-state index contributed by atoms with van der Waals surface area (Å²) < 4.78 is 6.98. The molecule has 1 spiro atoms. The van der Waals surface area contributed by atoms with Crippen molar-refractivity contribution >= 4 is 5.76 Å². The zero-order valence-electron chi connectivity index (χ0n) is 20.6. The fourth-order valence-electron chi connectivity index (χ4n) is 6.33. The minimum atomic E-state index is -0.268. The Morgan fingerprint density at radius 1 is 0.857 bits per heavy atom. The quantitative estimate of drug-likeness (QED) is 0.318. The number of nitrogens with zero attached hydrogens (tertiary/aromatic N) is 1. The second-order valence-electron chi connectivity index (χ2n) is 10.3. The van der Waals surface area contributed by atoms with E-state index in [1.807, 2.05) is 0 Å². The Labute approximate surface area is 209 Å². The molecule has 0 N–H and O–H groups in total. The average molecular weight is 466 g/mol. The molecule has 4 atom stereocenters. The van der Waals surface area contributed by atoms with Gasteiger partial charge in [0.1, 0.15) is 17.5 Å². The van der Waals surface area contributed by atoms with Gasteiger partial charge in [0.25, 0.3) is 0 Å². The second kappa shape index (κ2) is 9.64. The maximum atomic E-state index is 7.11. The lowest BCUT2D eigenvalue weighted by Crippen LogP contribution is -2.57. The van der Waals surface area contributed by atoms with E-state index in [-0.39, 0.29) is 17.7 Å². The number of rotatable bonds is 8. The molecule has 3 nitrogen and oxygen atoms in total. The van der Waals surface area contributed by atoms with Crippen LogP contribution in [0.15, 0.2) is 96.6 Å². The van der Waals surface area contributed by atoms with E-state index in [2.05, 4.69) is 103 Å². The molecule has 2 fully saturated rings. The summed E-state index contributed by atoms with van der Waals surface area (Å²) in [5.74, 6) is 1.46. The van der Waals surface area contributed by atoms with Gasteiger partial charge in [-0.25, -0.2) is 0 Å². The molecule has 0 radical (unpaired) electrons. The summed E-state index contributed by atoms with van der Waals surface area (Å²) in [7, 11) is 0. The highest BCUT2D eigenvalue weighted by molar-refractivity contribution is 5.69. The second-order valence-corrected chi connectivity index (χ2v) is 10.3. The van der Waals surface area contributed by atoms with Crippen molar-refractivity contribution in [1.29, 1.82) is 0 Å². The molecule has 3 aromatic rings. The summed E-state index contributed by atoms with van der Waals surface area (Å²) in [6, 6.07) is 32.3. The van der Waals surface area contributed by atoms with Crippen LogP contribution in [0.25, 0.3) is 5.76 Å². The SMILES string of the molecule is CCCCC[C@@H]1OC(c2ccccc2)=C2C(c3ccccc3)N(Cc3ccccc3)O[C@]23CC[C@H]13. The van der Waals surface area contributed by atoms with Gasteiger partial charge < -0.3 is 4.74 Å². The molecule has 3 aliphatic rings. The average Bonchev–Trinajstić information content (AvgIpc) is 3.24. The summed E-state index contributed by atoms with van der Waals surface area (Å²) in [5.41, 5.74) is 4.76. The van der Waals surface area contributed by atoms with Crippen LogP contribution in [0.5, 0.6) is 0 Å². The van der Waals surface area contributed by atoms with Crippen LogP contribution < -0.4 is 0 Å². The standard InChI is InChI=1S/C32H35NO2/c1-2-3-7-20-28-27-21-22-32(27)29(31(34-28)26-18-12-6-13-19-26)30(25-16-10-5-11-17-25)33(35-32)23-24-14-8-4-9-15-24/h4-6,8-19,27-28,30H,2-3,7,20-23H2,1H3/t27-,28+,30?,32+/m1/s1. The van der Waals surface area contributed by atoms with Crippen molar-refractivity contribution in [2.24, 2.45) is 5.92 Å². The molecule has 180 valence electrons. The van der Waals surface area contributed by atoms with Crippen molar-refractivity contribution in [2.75, 3.05) is 0 Å². The predicted molar refractivity (Wildman–Crippen MR) is 140 cm³/mol. The minimum absolute atomic E-state index is 0.0333. The first-order valence-electron chi connectivity index (χ1n) is 13.3. The van der Waals surface area contributed by atoms with Crippen LogP contribution in [0, 0.1) is 5.92 Å². The first-order chi connectivity index (χ1) is 17.3. The molecule has 1 aliphatic carbocycles. The molecule has 0 bridgehead atoms. The number of hydroxylamine groups is 2. The van der Waals surface area contributed by atoms with Gasteiger partial charge in [0.15, 0.2) is 0 Å². The van der Waals surface area contributed by atoms with Gasteiger partial charge in [-0.3, -0.25) is 4.84 Å². The summed E-state index contributed by atoms with van der Waals surface area (Å²) in [6.07, 6.45) is 7.23. The highest BCUT2D eigenvalue weighted by atomic mass is 16.7. The molecule has 1 saturated carbocycles. The Kier molecular flexibility index (Phi) is 6.22. The Balaban J connectivity index is 1.48. The Morgan fingerprint density at radius 3 is 2.20 bits per heavy atom. The van der Waals surface area contributed by atoms with Gasteiger partial charge in [-0.15, -0.1) is 0 Å². The molecule has 3 aromatic carbocycles. The molecule has 35 heavy (non-hydrogen) atoms. The third kappa shape index (κ3) is 4.01. The predicted octanol–water partition coefficient (Wildman–Crippen LogP) is 7.71. The van der Waals surface area contributed by atoms with E-state index in [1.54, 1.807) is 0 Å². The van der Waals surface area contributed by atoms with Gasteiger partial charge >= 0.3 is 0 Å². The third-order valence-electron chi connectivity index (χ3n) is 8.11. The number of hydrogen-bond donors (Lipinski definition) is 0. The topological polar surface area (TPSA) is 21.7 Å². The van der Waals surface area contributed by atoms with Crippen LogP contribution >= 0.6 is 0 Å². The van der Waals surface area contributed by atoms with Crippen LogP contribution in [0.1, 0.15) is 68.2 Å². The molecule has 3 heteroatoms. The Morgan fingerprint density at radius 2 is 1.54 bits per heavy atom. The molecule has 6 rings (SSSR count). The summed E-state index contributed by atoms with van der Waals surface area (Å²) in [6.45, 7) is 3.02. The summed E-state index contributed by atoms with van der Waals surface area (Å²) >= 11 is 0. The normalized spacial score (nSPS) is 27.6. The van der Waals surface area contributed by atoms with Crippen molar-refractivity contribution in [3.8, 4) is 0 Å². The lowest BCUT2D eigenvalue weighted by atomic mass is 9.59. The smallest absolute Gasteiger partial charge is 0.131 e. The number of hydrogen-bond acceptors (Lipinski definition) is 3. The van der Waals surface area contributed by atoms with Gasteiger partial charge in [0, 0.05) is 17.1 Å². The maximum absolute atomic E-state index is 7.11. The van der Waals surface area contributed by atoms with E-state index < -0.39 is 0 Å². The zero-order chi connectivity index (χ0) is 23.7. The van der Waals surface area contributed by atoms with Gasteiger partial charge in [-0.2, -0.15) is 5.06 Å². The maximum Gasteiger partial charge on any atom is 0.131 e. The van der Waals surface area contributed by atoms with E-state index in [4.69, 9.17) is 9.57 Å². The van der Waals surface area contributed by atoms with Gasteiger partial charge in [0.05, 0.1) is 12.6 Å². The van der Waals surface area contributed by atoms with E-state index in [0.29, 0.717) is 5.92 Å². The summed E-state index contributed by atoms with van der Waals surface area (Å²) in [5, 5.41) is 2.24. The molecule has 1 saturated heterocycles. The first-order valence-corrected chi connectivity index (χ1v) is 13.3. The largest absolute Gasteiger partial charge is 0.489 e. The fourth-order valence-corrected chi connectivity index (χ4v) is 6.33. The van der Waals surface area contributed by atoms with Crippen molar-refractivity contribution in [1.82, 2.24) is 5.06 Å². The van der Waals surface area contributed by atoms with Crippen LogP contribution in [0.4, 0.5) is 0 Å². The van der Waals surface area contributed by atoms with Crippen LogP contribution in [0.2, 0.25) is 0 Å². The molecule has 2 aliphatic heterocycles. The minimum Gasteiger partial charge on any atom is -0.489 e. The highest BCUT2D eigenvalue weighted by Gasteiger charge is 2.65. The lowest BCUT2D eigenvalue weighted by molar-refractivity contribution is -0.266. The first kappa shape index (κ1) is 22.6. The lowest BCUT2D eigenvalue weighted by Gasteiger charge is -2.53. The molecular formula is C32H35NO2. The van der Waals surface area contributed by atoms with Crippen LogP contribution in [0.3, 0.4) is 0 Å². The number of benzene rings is 3. The van der Waals surface area contributed by atoms with Crippen LogP contribution in [-0.2, 0) is 16.1 Å². The molecule has 0 amide bonds. The molecule has 0 aromatic heterocycles. The summed E-state index contributed by atoms with van der Waals surface area (Å²) in [4.78, 5) is 7.11. The third-order valence-corrected chi connectivity index (χ3v) is 8.11. The fraction of sp³-hybridized carbons (Fsp3) is 0.375. The van der Waals surface area contributed by atoms with Gasteiger partial charge in [0.2, 0.25) is 0 Å².